The molecule has 5 nitrogen and oxygen atoms in total. The Morgan fingerprint density at radius 3 is 2.50 bits per heavy atom. The van der Waals surface area contributed by atoms with Gasteiger partial charge in [0.15, 0.2) is 0 Å². The Bertz CT molecular complexity index is 841. The van der Waals surface area contributed by atoms with E-state index in [1.165, 1.54) is 0 Å². The first kappa shape index (κ1) is 19.0. The van der Waals surface area contributed by atoms with E-state index in [0.29, 0.717) is 17.1 Å². The molecular formula is C20H26ClN3O2. The molecule has 1 atom stereocenters. The van der Waals surface area contributed by atoms with Crippen molar-refractivity contribution >= 4 is 11.6 Å². The summed E-state index contributed by atoms with van der Waals surface area (Å²) >= 11 is 6.23. The number of piperazine rings is 1. The van der Waals surface area contributed by atoms with Gasteiger partial charge in [-0.25, -0.2) is 0 Å². The van der Waals surface area contributed by atoms with Gasteiger partial charge in [-0.05, 0) is 44.7 Å². The minimum Gasteiger partial charge on any atom is -0.507 e. The van der Waals surface area contributed by atoms with Crippen LogP contribution in [0.1, 0.15) is 29.8 Å². The van der Waals surface area contributed by atoms with Crippen LogP contribution in [0.15, 0.2) is 35.1 Å². The zero-order valence-electron chi connectivity index (χ0n) is 15.6. The Kier molecular flexibility index (Phi) is 5.70. The number of aryl methyl sites for hydroxylation is 1. The Labute approximate surface area is 159 Å². The molecule has 1 aliphatic heterocycles. The minimum atomic E-state index is -0.312. The lowest BCUT2D eigenvalue weighted by atomic mass is 9.96. The second kappa shape index (κ2) is 7.82. The maximum absolute atomic E-state index is 13.2. The van der Waals surface area contributed by atoms with Crippen LogP contribution in [-0.4, -0.2) is 52.7 Å². The number of pyridine rings is 1. The molecule has 1 unspecified atom stereocenters. The van der Waals surface area contributed by atoms with Crippen molar-refractivity contribution in [3.63, 3.8) is 0 Å². The van der Waals surface area contributed by atoms with Crippen molar-refractivity contribution < 1.29 is 5.11 Å². The maximum atomic E-state index is 13.2. The van der Waals surface area contributed by atoms with Crippen LogP contribution in [0.3, 0.4) is 0 Å². The smallest absolute Gasteiger partial charge is 0.259 e. The predicted molar refractivity (Wildman–Crippen MR) is 105 cm³/mol. The number of rotatable bonds is 4. The lowest BCUT2D eigenvalue weighted by Crippen LogP contribution is -2.47. The Balaban J connectivity index is 2.17. The van der Waals surface area contributed by atoms with E-state index >= 15 is 0 Å². The molecule has 0 bridgehead atoms. The van der Waals surface area contributed by atoms with Crippen LogP contribution < -0.4 is 5.56 Å². The minimum absolute atomic E-state index is 0.0566. The van der Waals surface area contributed by atoms with Gasteiger partial charge in [0.2, 0.25) is 0 Å². The summed E-state index contributed by atoms with van der Waals surface area (Å²) in [6.45, 7) is 7.86. The molecule has 3 rings (SSSR count). The van der Waals surface area contributed by atoms with Crippen molar-refractivity contribution in [3.05, 3.63) is 62.5 Å². The first-order chi connectivity index (χ1) is 12.4. The number of hydrogen-bond donors (Lipinski definition) is 1. The third kappa shape index (κ3) is 3.65. The quantitative estimate of drug-likeness (QED) is 0.892. The molecule has 140 valence electrons. The second-order valence-corrected chi connectivity index (χ2v) is 7.37. The molecule has 2 heterocycles. The van der Waals surface area contributed by atoms with Crippen molar-refractivity contribution in [3.8, 4) is 5.75 Å². The fourth-order valence-corrected chi connectivity index (χ4v) is 3.93. The largest absolute Gasteiger partial charge is 0.507 e. The molecule has 0 radical (unpaired) electrons. The van der Waals surface area contributed by atoms with Crippen LogP contribution in [-0.2, 0) is 6.54 Å². The normalized spacial score (nSPS) is 17.4. The summed E-state index contributed by atoms with van der Waals surface area (Å²) < 4.78 is 1.71. The Morgan fingerprint density at radius 2 is 1.88 bits per heavy atom. The van der Waals surface area contributed by atoms with Gasteiger partial charge in [0.1, 0.15) is 5.75 Å². The van der Waals surface area contributed by atoms with Gasteiger partial charge in [-0.15, -0.1) is 0 Å². The van der Waals surface area contributed by atoms with E-state index in [0.717, 1.165) is 37.4 Å². The molecule has 6 heteroatoms. The molecule has 0 saturated carbocycles. The highest BCUT2D eigenvalue weighted by Crippen LogP contribution is 2.34. The fraction of sp³-hybridized carbons (Fsp3) is 0.450. The van der Waals surface area contributed by atoms with Crippen molar-refractivity contribution in [2.75, 3.05) is 33.2 Å². The van der Waals surface area contributed by atoms with Crippen LogP contribution in [0.5, 0.6) is 5.75 Å². The summed E-state index contributed by atoms with van der Waals surface area (Å²) in [5, 5.41) is 11.3. The summed E-state index contributed by atoms with van der Waals surface area (Å²) in [5.74, 6) is 0.0566. The molecular weight excluding hydrogens is 350 g/mol. The van der Waals surface area contributed by atoms with Crippen LogP contribution >= 0.6 is 11.6 Å². The van der Waals surface area contributed by atoms with Crippen LogP contribution in [0.4, 0.5) is 0 Å². The van der Waals surface area contributed by atoms with Crippen LogP contribution in [0.2, 0.25) is 5.02 Å². The van der Waals surface area contributed by atoms with Gasteiger partial charge in [-0.1, -0.05) is 23.7 Å². The highest BCUT2D eigenvalue weighted by molar-refractivity contribution is 6.30. The second-order valence-electron chi connectivity index (χ2n) is 6.93. The topological polar surface area (TPSA) is 48.7 Å². The first-order valence-electron chi connectivity index (χ1n) is 9.03. The average molecular weight is 376 g/mol. The predicted octanol–water partition coefficient (Wildman–Crippen LogP) is 2.87. The van der Waals surface area contributed by atoms with E-state index in [9.17, 15) is 9.90 Å². The van der Waals surface area contributed by atoms with Gasteiger partial charge in [-0.2, -0.15) is 0 Å². The molecule has 1 N–H and O–H groups in total. The third-order valence-corrected chi connectivity index (χ3v) is 5.42. The molecule has 1 aromatic carbocycles. The summed E-state index contributed by atoms with van der Waals surface area (Å²) in [5.41, 5.74) is 2.00. The molecule has 1 fully saturated rings. The van der Waals surface area contributed by atoms with E-state index < -0.39 is 0 Å². The monoisotopic (exact) mass is 375 g/mol. The number of benzene rings is 1. The molecule has 1 saturated heterocycles. The van der Waals surface area contributed by atoms with Crippen molar-refractivity contribution in [1.29, 1.82) is 0 Å². The summed E-state index contributed by atoms with van der Waals surface area (Å²) in [6, 6.07) is 8.96. The lowest BCUT2D eigenvalue weighted by Gasteiger charge is -2.38. The maximum Gasteiger partial charge on any atom is 0.259 e. The van der Waals surface area contributed by atoms with Gasteiger partial charge in [0.25, 0.3) is 5.56 Å². The average Bonchev–Trinajstić information content (AvgIpc) is 2.60. The van der Waals surface area contributed by atoms with Gasteiger partial charge in [0.05, 0.1) is 11.6 Å². The van der Waals surface area contributed by atoms with Crippen molar-refractivity contribution in [2.45, 2.75) is 26.4 Å². The molecule has 1 aliphatic rings. The zero-order valence-corrected chi connectivity index (χ0v) is 16.3. The molecule has 2 aromatic rings. The van der Waals surface area contributed by atoms with E-state index in [1.54, 1.807) is 10.6 Å². The zero-order chi connectivity index (χ0) is 18.8. The Hall–Kier alpha value is -1.82. The van der Waals surface area contributed by atoms with E-state index in [2.05, 4.69) is 16.8 Å². The van der Waals surface area contributed by atoms with Crippen molar-refractivity contribution in [1.82, 2.24) is 14.4 Å². The van der Waals surface area contributed by atoms with Crippen LogP contribution in [0, 0.1) is 6.92 Å². The van der Waals surface area contributed by atoms with E-state index in [-0.39, 0.29) is 17.4 Å². The Morgan fingerprint density at radius 1 is 1.19 bits per heavy atom. The highest BCUT2D eigenvalue weighted by atomic mass is 35.5. The van der Waals surface area contributed by atoms with Gasteiger partial charge in [0, 0.05) is 43.4 Å². The SMILES string of the molecule is CCn1c(C)cc(O)c(C(c2cccc(Cl)c2)N2CCN(C)CC2)c1=O. The standard InChI is InChI=1S/C20H26ClN3O2/c1-4-24-14(2)12-17(25)18(20(24)26)19(15-6-5-7-16(21)13-15)23-10-8-22(3)9-11-23/h5-7,12-13,19,25H,4,8-11H2,1-3H3. The molecule has 26 heavy (non-hydrogen) atoms. The van der Waals surface area contributed by atoms with Crippen LogP contribution in [0.25, 0.3) is 0 Å². The number of halogens is 1. The van der Waals surface area contributed by atoms with Gasteiger partial charge in [-0.3, -0.25) is 9.69 Å². The fourth-order valence-electron chi connectivity index (χ4n) is 3.74. The van der Waals surface area contributed by atoms with E-state index in [1.807, 2.05) is 38.1 Å². The highest BCUT2D eigenvalue weighted by Gasteiger charge is 2.30. The number of likely N-dealkylation sites (N-methyl/N-ethyl adjacent to an activating group) is 1. The number of aromatic nitrogens is 1. The van der Waals surface area contributed by atoms with E-state index in [4.69, 9.17) is 11.6 Å². The molecule has 1 aromatic heterocycles. The summed E-state index contributed by atoms with van der Waals surface area (Å²) in [6.07, 6.45) is 0. The summed E-state index contributed by atoms with van der Waals surface area (Å²) in [7, 11) is 2.10. The summed E-state index contributed by atoms with van der Waals surface area (Å²) in [4.78, 5) is 17.7. The third-order valence-electron chi connectivity index (χ3n) is 5.18. The van der Waals surface area contributed by atoms with Gasteiger partial charge < -0.3 is 14.6 Å². The number of nitrogens with zero attached hydrogens (tertiary/aromatic N) is 3. The van der Waals surface area contributed by atoms with Crippen molar-refractivity contribution in [2.24, 2.45) is 0 Å². The lowest BCUT2D eigenvalue weighted by molar-refractivity contribution is 0.125. The van der Waals surface area contributed by atoms with Gasteiger partial charge >= 0.3 is 0 Å². The molecule has 0 spiro atoms. The molecule has 0 aliphatic carbocycles. The number of aromatic hydroxyl groups is 1. The number of hydrogen-bond acceptors (Lipinski definition) is 4. The first-order valence-corrected chi connectivity index (χ1v) is 9.41. The molecule has 0 amide bonds.